The number of nitrogen functional groups attached to an aromatic ring is 1. The van der Waals surface area contributed by atoms with E-state index in [9.17, 15) is 9.59 Å². The zero-order valence-electron chi connectivity index (χ0n) is 8.47. The number of hydrogen-bond donors (Lipinski definition) is 3. The van der Waals surface area contributed by atoms with Gasteiger partial charge in [0.15, 0.2) is 11.5 Å². The lowest BCUT2D eigenvalue weighted by atomic mass is 10.3. The average Bonchev–Trinajstić information content (AvgIpc) is 2.83. The Morgan fingerprint density at radius 1 is 1.35 bits per heavy atom. The molecule has 0 aromatic carbocycles. The van der Waals surface area contributed by atoms with Crippen LogP contribution in [0.3, 0.4) is 0 Å². The van der Waals surface area contributed by atoms with Crippen LogP contribution in [0.25, 0.3) is 11.0 Å². The van der Waals surface area contributed by atoms with Gasteiger partial charge in [-0.2, -0.15) is 5.10 Å². The second kappa shape index (κ2) is 3.14. The number of nitrogens with zero attached hydrogens (tertiary/aromatic N) is 4. The molecule has 0 atom stereocenters. The van der Waals surface area contributed by atoms with E-state index in [2.05, 4.69) is 25.5 Å². The molecule has 9 nitrogen and oxygen atoms in total. The number of hydrogen-bond acceptors (Lipinski definition) is 6. The molecule has 9 heteroatoms. The Hall–Kier alpha value is -2.71. The summed E-state index contributed by atoms with van der Waals surface area (Å²) in [4.78, 5) is 31.5. The highest BCUT2D eigenvalue weighted by atomic mass is 16.2. The summed E-state index contributed by atoms with van der Waals surface area (Å²) in [6, 6.07) is -0.536. The topological polar surface area (TPSA) is 130 Å². The maximum Gasteiger partial charge on any atom is 0.330 e. The SMILES string of the molecule is Nc1ncnc2[nH]nc(N3CC(=O)NC3=O)c12. The largest absolute Gasteiger partial charge is 0.383 e. The highest BCUT2D eigenvalue weighted by Gasteiger charge is 2.31. The van der Waals surface area contributed by atoms with Crippen molar-refractivity contribution in [2.75, 3.05) is 17.2 Å². The Morgan fingerprint density at radius 3 is 2.88 bits per heavy atom. The fraction of sp³-hybridized carbons (Fsp3) is 0.125. The van der Waals surface area contributed by atoms with E-state index in [1.165, 1.54) is 11.2 Å². The fourth-order valence-corrected chi connectivity index (χ4v) is 1.67. The first kappa shape index (κ1) is 9.51. The number of urea groups is 1. The van der Waals surface area contributed by atoms with Crippen molar-refractivity contribution in [2.45, 2.75) is 0 Å². The molecule has 1 aliphatic rings. The Labute approximate surface area is 94.0 Å². The smallest absolute Gasteiger partial charge is 0.330 e. The number of anilines is 2. The number of H-pyrrole nitrogens is 1. The summed E-state index contributed by atoms with van der Waals surface area (Å²) in [7, 11) is 0. The lowest BCUT2D eigenvalue weighted by molar-refractivity contribution is -0.117. The van der Waals surface area contributed by atoms with Gasteiger partial charge in [0, 0.05) is 0 Å². The molecule has 1 saturated heterocycles. The van der Waals surface area contributed by atoms with Crippen molar-refractivity contribution in [1.29, 1.82) is 0 Å². The van der Waals surface area contributed by atoms with E-state index in [1.54, 1.807) is 0 Å². The Morgan fingerprint density at radius 2 is 2.18 bits per heavy atom. The molecule has 0 radical (unpaired) electrons. The number of imide groups is 1. The Balaban J connectivity index is 2.18. The van der Waals surface area contributed by atoms with Gasteiger partial charge in [0.2, 0.25) is 5.91 Å². The van der Waals surface area contributed by atoms with Crippen LogP contribution in [0.15, 0.2) is 6.33 Å². The number of rotatable bonds is 1. The van der Waals surface area contributed by atoms with Crippen LogP contribution in [0.5, 0.6) is 0 Å². The minimum Gasteiger partial charge on any atom is -0.383 e. The summed E-state index contributed by atoms with van der Waals surface area (Å²) in [6.45, 7) is -0.0902. The number of amides is 3. The van der Waals surface area contributed by atoms with Crippen LogP contribution in [0.2, 0.25) is 0 Å². The van der Waals surface area contributed by atoms with Crippen LogP contribution in [0.4, 0.5) is 16.4 Å². The van der Waals surface area contributed by atoms with Crippen LogP contribution in [0, 0.1) is 0 Å². The standard InChI is InChI=1S/C8H7N7O2/c9-5-4-6(11-2-10-5)13-14-7(4)15-1-3(16)12-8(15)17/h2H,1H2,(H,12,16,17)(H3,9,10,11,13,14). The van der Waals surface area contributed by atoms with Gasteiger partial charge in [-0.15, -0.1) is 0 Å². The van der Waals surface area contributed by atoms with Gasteiger partial charge in [0.1, 0.15) is 24.1 Å². The number of carbonyl (C=O) groups excluding carboxylic acids is 2. The van der Waals surface area contributed by atoms with Crippen LogP contribution < -0.4 is 16.0 Å². The predicted molar refractivity (Wildman–Crippen MR) is 57.0 cm³/mol. The number of nitrogens with one attached hydrogen (secondary N) is 2. The molecular formula is C8H7N7O2. The van der Waals surface area contributed by atoms with Crippen LogP contribution in [0.1, 0.15) is 0 Å². The number of aromatic nitrogens is 4. The number of carbonyl (C=O) groups is 2. The molecule has 0 saturated carbocycles. The molecule has 2 aromatic rings. The van der Waals surface area contributed by atoms with Crippen molar-refractivity contribution < 1.29 is 9.59 Å². The lowest BCUT2D eigenvalue weighted by Gasteiger charge is -2.09. The Kier molecular flexibility index (Phi) is 1.76. The third-order valence-electron chi connectivity index (χ3n) is 2.42. The van der Waals surface area contributed by atoms with Crippen LogP contribution in [-0.2, 0) is 4.79 Å². The number of nitrogens with two attached hydrogens (primary N) is 1. The van der Waals surface area contributed by atoms with E-state index in [0.29, 0.717) is 11.0 Å². The maximum absolute atomic E-state index is 11.5. The second-order valence-electron chi connectivity index (χ2n) is 3.47. The van der Waals surface area contributed by atoms with E-state index >= 15 is 0 Å². The molecule has 3 amide bonds. The number of fused-ring (bicyclic) bond motifs is 1. The lowest BCUT2D eigenvalue weighted by Crippen LogP contribution is -2.28. The monoisotopic (exact) mass is 233 g/mol. The molecule has 3 rings (SSSR count). The van der Waals surface area contributed by atoms with Gasteiger partial charge >= 0.3 is 6.03 Å². The van der Waals surface area contributed by atoms with Crippen molar-refractivity contribution in [2.24, 2.45) is 0 Å². The molecule has 1 fully saturated rings. The van der Waals surface area contributed by atoms with E-state index in [-0.39, 0.29) is 24.1 Å². The normalized spacial score (nSPS) is 15.6. The van der Waals surface area contributed by atoms with Gasteiger partial charge in [-0.3, -0.25) is 20.1 Å². The van der Waals surface area contributed by atoms with Crippen molar-refractivity contribution in [3.63, 3.8) is 0 Å². The zero-order chi connectivity index (χ0) is 12.0. The molecule has 17 heavy (non-hydrogen) atoms. The molecular weight excluding hydrogens is 226 g/mol. The minimum atomic E-state index is -0.536. The van der Waals surface area contributed by atoms with Crippen LogP contribution in [-0.4, -0.2) is 38.6 Å². The molecule has 4 N–H and O–H groups in total. The maximum atomic E-state index is 11.5. The molecule has 86 valence electrons. The summed E-state index contributed by atoms with van der Waals surface area (Å²) >= 11 is 0. The Bertz CT molecular complexity index is 634. The fourth-order valence-electron chi connectivity index (χ4n) is 1.67. The highest BCUT2D eigenvalue weighted by Crippen LogP contribution is 2.27. The first-order valence-corrected chi connectivity index (χ1v) is 4.72. The molecule has 1 aliphatic heterocycles. The molecule has 0 unspecified atom stereocenters. The molecule has 2 aromatic heterocycles. The molecule has 3 heterocycles. The van der Waals surface area contributed by atoms with Gasteiger partial charge in [-0.25, -0.2) is 14.8 Å². The summed E-state index contributed by atoms with van der Waals surface area (Å²) < 4.78 is 0. The van der Waals surface area contributed by atoms with Gasteiger partial charge in [-0.05, 0) is 0 Å². The second-order valence-corrected chi connectivity index (χ2v) is 3.47. The van der Waals surface area contributed by atoms with E-state index in [0.717, 1.165) is 0 Å². The van der Waals surface area contributed by atoms with Crippen molar-refractivity contribution >= 4 is 34.6 Å². The van der Waals surface area contributed by atoms with E-state index in [1.807, 2.05) is 0 Å². The minimum absolute atomic E-state index is 0.0902. The van der Waals surface area contributed by atoms with Crippen molar-refractivity contribution in [3.8, 4) is 0 Å². The predicted octanol–water partition coefficient (Wildman–Crippen LogP) is -1.01. The highest BCUT2D eigenvalue weighted by molar-refractivity contribution is 6.15. The molecule has 0 aliphatic carbocycles. The first-order chi connectivity index (χ1) is 8.16. The third-order valence-corrected chi connectivity index (χ3v) is 2.42. The van der Waals surface area contributed by atoms with E-state index in [4.69, 9.17) is 5.73 Å². The summed E-state index contributed by atoms with van der Waals surface area (Å²) in [5.41, 5.74) is 6.11. The third kappa shape index (κ3) is 1.29. The van der Waals surface area contributed by atoms with Gasteiger partial charge in [-0.1, -0.05) is 0 Å². The van der Waals surface area contributed by atoms with Gasteiger partial charge in [0.25, 0.3) is 0 Å². The summed E-state index contributed by atoms with van der Waals surface area (Å²) in [5.74, 6) is 0.0638. The van der Waals surface area contributed by atoms with Gasteiger partial charge in [0.05, 0.1) is 0 Å². The quantitative estimate of drug-likeness (QED) is 0.541. The van der Waals surface area contributed by atoms with Gasteiger partial charge < -0.3 is 5.73 Å². The summed E-state index contributed by atoms with van der Waals surface area (Å²) in [6.07, 6.45) is 1.29. The van der Waals surface area contributed by atoms with Crippen LogP contribution >= 0.6 is 0 Å². The van der Waals surface area contributed by atoms with Crippen molar-refractivity contribution in [1.82, 2.24) is 25.5 Å². The molecule has 0 bridgehead atoms. The summed E-state index contributed by atoms with van der Waals surface area (Å²) in [5, 5.41) is 9.14. The first-order valence-electron chi connectivity index (χ1n) is 4.72. The molecule has 0 spiro atoms. The van der Waals surface area contributed by atoms with Crippen molar-refractivity contribution in [3.05, 3.63) is 6.33 Å². The average molecular weight is 233 g/mol. The number of aromatic amines is 1. The van der Waals surface area contributed by atoms with E-state index < -0.39 is 6.03 Å². The zero-order valence-corrected chi connectivity index (χ0v) is 8.47.